The number of esters is 1. The van der Waals surface area contributed by atoms with Crippen molar-refractivity contribution in [3.05, 3.63) is 47.3 Å². The summed E-state index contributed by atoms with van der Waals surface area (Å²) in [7, 11) is 0. The Labute approximate surface area is 159 Å². The lowest BCUT2D eigenvalue weighted by atomic mass is 10.0. The fraction of sp³-hybridized carbons (Fsp3) is 0.278. The number of carbonyl (C=O) groups is 2. The zero-order valence-corrected chi connectivity index (χ0v) is 15.3. The van der Waals surface area contributed by atoms with Crippen LogP contribution in [-0.2, 0) is 27.3 Å². The minimum absolute atomic E-state index is 0.192. The third kappa shape index (κ3) is 3.87. The molecule has 0 saturated carbocycles. The highest BCUT2D eigenvalue weighted by molar-refractivity contribution is 7.13. The Balaban J connectivity index is 1.33. The topological polar surface area (TPSA) is 90.2 Å². The average molecular weight is 383 g/mol. The summed E-state index contributed by atoms with van der Waals surface area (Å²) in [6, 6.07) is 11.6. The van der Waals surface area contributed by atoms with E-state index in [1.165, 1.54) is 11.3 Å². The number of thiophene rings is 1. The number of benzene rings is 1. The van der Waals surface area contributed by atoms with Crippen molar-refractivity contribution < 1.29 is 14.3 Å². The molecule has 0 atom stereocenters. The summed E-state index contributed by atoms with van der Waals surface area (Å²) in [6.45, 7) is 0.129. The summed E-state index contributed by atoms with van der Waals surface area (Å²) < 4.78 is 5.12. The van der Waals surface area contributed by atoms with Crippen LogP contribution in [0, 0.1) is 0 Å². The molecule has 2 aromatic heterocycles. The van der Waals surface area contributed by atoms with Crippen LogP contribution in [0.4, 0.5) is 5.69 Å². The number of nitrogens with zero attached hydrogens (tertiary/aromatic N) is 5. The number of para-hydroxylation sites is 1. The minimum atomic E-state index is -0.580. The SMILES string of the molecule is O=C(Cn1nnc(-c2cccs2)n1)OCC(=O)N1CCCc2ccccc21. The van der Waals surface area contributed by atoms with E-state index in [1.54, 1.807) is 4.90 Å². The lowest BCUT2D eigenvalue weighted by molar-refractivity contribution is -0.148. The van der Waals surface area contributed by atoms with E-state index in [1.807, 2.05) is 41.8 Å². The number of hydrogen-bond acceptors (Lipinski definition) is 7. The predicted molar refractivity (Wildman–Crippen MR) is 99.2 cm³/mol. The third-order valence-electron chi connectivity index (χ3n) is 4.23. The molecule has 0 fully saturated rings. The molecular weight excluding hydrogens is 366 g/mol. The third-order valence-corrected chi connectivity index (χ3v) is 5.10. The number of rotatable bonds is 5. The van der Waals surface area contributed by atoms with Crippen LogP contribution in [0.2, 0.25) is 0 Å². The lowest BCUT2D eigenvalue weighted by Gasteiger charge is -2.29. The molecule has 0 saturated heterocycles. The summed E-state index contributed by atoms with van der Waals surface area (Å²) >= 11 is 1.49. The molecule has 0 bridgehead atoms. The highest BCUT2D eigenvalue weighted by atomic mass is 32.1. The van der Waals surface area contributed by atoms with Crippen LogP contribution in [0.15, 0.2) is 41.8 Å². The maximum Gasteiger partial charge on any atom is 0.330 e. The molecule has 0 N–H and O–H groups in total. The van der Waals surface area contributed by atoms with E-state index < -0.39 is 5.97 Å². The van der Waals surface area contributed by atoms with Gasteiger partial charge in [0.2, 0.25) is 5.82 Å². The number of tetrazole rings is 1. The number of aromatic nitrogens is 4. The molecule has 4 rings (SSSR count). The van der Waals surface area contributed by atoms with E-state index in [-0.39, 0.29) is 19.1 Å². The molecule has 0 aliphatic carbocycles. The number of carbonyl (C=O) groups excluding carboxylic acids is 2. The van der Waals surface area contributed by atoms with Gasteiger partial charge in [-0.05, 0) is 41.1 Å². The smallest absolute Gasteiger partial charge is 0.330 e. The molecule has 1 aliphatic rings. The average Bonchev–Trinajstić information content (AvgIpc) is 3.37. The second-order valence-electron chi connectivity index (χ2n) is 6.06. The molecule has 1 amide bonds. The van der Waals surface area contributed by atoms with Crippen molar-refractivity contribution in [1.82, 2.24) is 20.2 Å². The van der Waals surface area contributed by atoms with Crippen LogP contribution in [0.3, 0.4) is 0 Å². The fourth-order valence-electron chi connectivity index (χ4n) is 2.99. The molecule has 9 heteroatoms. The Hall–Kier alpha value is -3.07. The van der Waals surface area contributed by atoms with Crippen LogP contribution in [0.5, 0.6) is 0 Å². The molecule has 1 aliphatic heterocycles. The fourth-order valence-corrected chi connectivity index (χ4v) is 3.64. The molecule has 0 radical (unpaired) electrons. The zero-order valence-electron chi connectivity index (χ0n) is 14.4. The van der Waals surface area contributed by atoms with Gasteiger partial charge in [0, 0.05) is 12.2 Å². The van der Waals surface area contributed by atoms with Gasteiger partial charge in [-0.1, -0.05) is 24.3 Å². The molecule has 27 heavy (non-hydrogen) atoms. The standard InChI is InChI=1S/C18H17N5O3S/c24-16(22-9-3-6-13-5-1-2-7-14(13)22)12-26-17(25)11-23-20-18(19-21-23)15-8-4-10-27-15/h1-2,4-5,7-8,10H,3,6,9,11-12H2. The molecule has 138 valence electrons. The van der Waals surface area contributed by atoms with Crippen LogP contribution in [0.1, 0.15) is 12.0 Å². The summed E-state index contributed by atoms with van der Waals surface area (Å²) in [4.78, 5) is 28.2. The van der Waals surface area contributed by atoms with E-state index in [2.05, 4.69) is 15.4 Å². The summed E-state index contributed by atoms with van der Waals surface area (Å²) in [5.74, 6) is -0.358. The van der Waals surface area contributed by atoms with Crippen LogP contribution < -0.4 is 4.90 Å². The summed E-state index contributed by atoms with van der Waals surface area (Å²) in [6.07, 6.45) is 1.84. The monoisotopic (exact) mass is 383 g/mol. The number of fused-ring (bicyclic) bond motifs is 1. The van der Waals surface area contributed by atoms with Crippen molar-refractivity contribution in [3.8, 4) is 10.7 Å². The summed E-state index contributed by atoms with van der Waals surface area (Å²) in [5.41, 5.74) is 2.03. The first-order valence-electron chi connectivity index (χ1n) is 8.56. The van der Waals surface area contributed by atoms with Crippen LogP contribution in [0.25, 0.3) is 10.7 Å². The summed E-state index contributed by atoms with van der Waals surface area (Å²) in [5, 5.41) is 13.8. The molecule has 0 unspecified atom stereocenters. The van der Waals surface area contributed by atoms with Crippen LogP contribution in [-0.4, -0.2) is 45.2 Å². The quantitative estimate of drug-likeness (QED) is 0.625. The molecular formula is C18H17N5O3S. The predicted octanol–water partition coefficient (Wildman–Crippen LogP) is 1.92. The van der Waals surface area contributed by atoms with Gasteiger partial charge in [-0.2, -0.15) is 4.80 Å². The Morgan fingerprint density at radius 3 is 2.93 bits per heavy atom. The van der Waals surface area contributed by atoms with Gasteiger partial charge in [0.05, 0.1) is 4.88 Å². The van der Waals surface area contributed by atoms with Crippen molar-refractivity contribution in [1.29, 1.82) is 0 Å². The van der Waals surface area contributed by atoms with Crippen molar-refractivity contribution >= 4 is 28.9 Å². The van der Waals surface area contributed by atoms with Gasteiger partial charge in [-0.3, -0.25) is 4.79 Å². The minimum Gasteiger partial charge on any atom is -0.454 e. The molecule has 0 spiro atoms. The second kappa shape index (κ2) is 7.67. The molecule has 3 heterocycles. The highest BCUT2D eigenvalue weighted by Gasteiger charge is 2.23. The first-order chi connectivity index (χ1) is 13.2. The van der Waals surface area contributed by atoms with E-state index in [9.17, 15) is 9.59 Å². The number of hydrogen-bond donors (Lipinski definition) is 0. The Morgan fingerprint density at radius 2 is 2.07 bits per heavy atom. The Morgan fingerprint density at radius 1 is 1.19 bits per heavy atom. The van der Waals surface area contributed by atoms with Crippen molar-refractivity contribution in [3.63, 3.8) is 0 Å². The molecule has 8 nitrogen and oxygen atoms in total. The zero-order chi connectivity index (χ0) is 18.6. The first-order valence-corrected chi connectivity index (χ1v) is 9.44. The highest BCUT2D eigenvalue weighted by Crippen LogP contribution is 2.26. The van der Waals surface area contributed by atoms with Gasteiger partial charge in [-0.25, -0.2) is 4.79 Å². The van der Waals surface area contributed by atoms with Gasteiger partial charge in [0.25, 0.3) is 5.91 Å². The lowest BCUT2D eigenvalue weighted by Crippen LogP contribution is -2.38. The van der Waals surface area contributed by atoms with Gasteiger partial charge >= 0.3 is 5.97 Å². The number of ether oxygens (including phenoxy) is 1. The maximum atomic E-state index is 12.5. The Bertz CT molecular complexity index is 954. The maximum absolute atomic E-state index is 12.5. The molecule has 1 aromatic carbocycles. The molecule has 3 aromatic rings. The van der Waals surface area contributed by atoms with Crippen molar-refractivity contribution in [2.24, 2.45) is 0 Å². The second-order valence-corrected chi connectivity index (χ2v) is 7.01. The number of amides is 1. The van der Waals surface area contributed by atoms with Gasteiger partial charge in [0.15, 0.2) is 13.2 Å². The number of anilines is 1. The number of aryl methyl sites for hydroxylation is 1. The Kier molecular flexibility index (Phi) is 4.93. The first kappa shape index (κ1) is 17.3. The van der Waals surface area contributed by atoms with Crippen molar-refractivity contribution in [2.45, 2.75) is 19.4 Å². The largest absolute Gasteiger partial charge is 0.454 e. The van der Waals surface area contributed by atoms with E-state index in [4.69, 9.17) is 4.74 Å². The van der Waals surface area contributed by atoms with Crippen molar-refractivity contribution in [2.75, 3.05) is 18.1 Å². The normalized spacial score (nSPS) is 13.3. The van der Waals surface area contributed by atoms with E-state index in [0.717, 1.165) is 33.8 Å². The van der Waals surface area contributed by atoms with Crippen LogP contribution >= 0.6 is 11.3 Å². The van der Waals surface area contributed by atoms with Gasteiger partial charge in [-0.15, -0.1) is 21.5 Å². The van der Waals surface area contributed by atoms with E-state index >= 15 is 0 Å². The van der Waals surface area contributed by atoms with Gasteiger partial charge < -0.3 is 9.64 Å². The van der Waals surface area contributed by atoms with Gasteiger partial charge in [0.1, 0.15) is 0 Å². The van der Waals surface area contributed by atoms with E-state index in [0.29, 0.717) is 12.4 Å².